The van der Waals surface area contributed by atoms with Gasteiger partial charge in [-0.3, -0.25) is 4.98 Å². The molecule has 0 fully saturated rings. The molecule has 0 N–H and O–H groups in total. The fourth-order valence-corrected chi connectivity index (χ4v) is 4.74. The van der Waals surface area contributed by atoms with Crippen LogP contribution in [0.4, 0.5) is 13.2 Å². The van der Waals surface area contributed by atoms with Gasteiger partial charge < -0.3 is 9.15 Å². The summed E-state index contributed by atoms with van der Waals surface area (Å²) in [5.41, 5.74) is 0.734. The van der Waals surface area contributed by atoms with Crippen LogP contribution in [0.25, 0.3) is 28.0 Å². The van der Waals surface area contributed by atoms with Crippen LogP contribution >= 0.6 is 0 Å². The minimum atomic E-state index is -4.51. The fourth-order valence-electron chi connectivity index (χ4n) is 4.74. The molecule has 11 heteroatoms. The van der Waals surface area contributed by atoms with E-state index in [4.69, 9.17) is 9.15 Å². The van der Waals surface area contributed by atoms with E-state index in [2.05, 4.69) is 20.1 Å². The average molecular weight is 513 g/mol. The molecular weight excluding hydrogens is 499 g/mol. The van der Waals surface area contributed by atoms with Crippen molar-refractivity contribution in [2.45, 2.75) is 12.1 Å². The molecule has 0 radical (unpaired) electrons. The highest BCUT2D eigenvalue weighted by molar-refractivity contribution is 5.87. The molecule has 6 aromatic rings. The van der Waals surface area contributed by atoms with Crippen LogP contribution in [0.2, 0.25) is 0 Å². The predicted molar refractivity (Wildman–Crippen MR) is 129 cm³/mol. The second kappa shape index (κ2) is 7.97. The van der Waals surface area contributed by atoms with Crippen molar-refractivity contribution in [3.05, 3.63) is 112 Å². The Labute approximate surface area is 211 Å². The highest BCUT2D eigenvalue weighted by Crippen LogP contribution is 2.49. The van der Waals surface area contributed by atoms with Crippen molar-refractivity contribution >= 4 is 16.6 Å². The number of aromatic nitrogens is 5. The molecule has 38 heavy (non-hydrogen) atoms. The Morgan fingerprint density at radius 1 is 0.947 bits per heavy atom. The van der Waals surface area contributed by atoms with Crippen molar-refractivity contribution < 1.29 is 22.3 Å². The monoisotopic (exact) mass is 513 g/mol. The van der Waals surface area contributed by atoms with Crippen LogP contribution in [0.5, 0.6) is 11.6 Å². The summed E-state index contributed by atoms with van der Waals surface area (Å²) in [6.07, 6.45) is 0.148. The van der Waals surface area contributed by atoms with Crippen LogP contribution in [0.15, 0.2) is 88.6 Å². The molecule has 1 unspecified atom stereocenters. The van der Waals surface area contributed by atoms with Crippen LogP contribution in [-0.2, 0) is 6.18 Å². The summed E-state index contributed by atoms with van der Waals surface area (Å²) in [6, 6.07) is 15.0. The standard InChI is InChI=1S/C27H14F3N5O3/c28-27(29,30)16-9-7-14(8-10-16)19-20-22(17-5-1-2-6-18(17)37-26(20)36)38-25-21(19)24-33-23(34-35(24)13-32-25)15-4-3-11-31-12-15/h1-13,19H. The van der Waals surface area contributed by atoms with Gasteiger partial charge in [-0.1, -0.05) is 24.3 Å². The first-order valence-corrected chi connectivity index (χ1v) is 11.4. The van der Waals surface area contributed by atoms with Crippen molar-refractivity contribution in [1.82, 2.24) is 24.6 Å². The Bertz CT molecular complexity index is 1920. The first kappa shape index (κ1) is 22.2. The zero-order valence-corrected chi connectivity index (χ0v) is 19.2. The number of benzene rings is 2. The van der Waals surface area contributed by atoms with Gasteiger partial charge in [-0.2, -0.15) is 13.2 Å². The Hall–Kier alpha value is -5.06. The number of nitrogens with zero attached hydrogens (tertiary/aromatic N) is 5. The molecule has 1 atom stereocenters. The molecule has 4 aromatic heterocycles. The lowest BCUT2D eigenvalue weighted by Crippen LogP contribution is -2.22. The van der Waals surface area contributed by atoms with E-state index in [0.717, 1.165) is 12.1 Å². The highest BCUT2D eigenvalue weighted by atomic mass is 19.4. The lowest BCUT2D eigenvalue weighted by atomic mass is 9.84. The predicted octanol–water partition coefficient (Wildman–Crippen LogP) is 5.60. The van der Waals surface area contributed by atoms with Gasteiger partial charge in [0, 0.05) is 18.0 Å². The van der Waals surface area contributed by atoms with Crippen molar-refractivity contribution in [2.75, 3.05) is 0 Å². The van der Waals surface area contributed by atoms with Gasteiger partial charge in [0.05, 0.1) is 28.0 Å². The van der Waals surface area contributed by atoms with Crippen molar-refractivity contribution in [3.63, 3.8) is 0 Å². The van der Waals surface area contributed by atoms with Gasteiger partial charge in [-0.25, -0.2) is 19.3 Å². The maximum atomic E-state index is 13.4. The number of fused-ring (bicyclic) bond motifs is 6. The molecule has 1 aliphatic rings. The fraction of sp³-hybridized carbons (Fsp3) is 0.0741. The Balaban J connectivity index is 1.52. The summed E-state index contributed by atoms with van der Waals surface area (Å²) < 4.78 is 53.2. The molecule has 7 rings (SSSR count). The van der Waals surface area contributed by atoms with Gasteiger partial charge in [0.2, 0.25) is 5.88 Å². The zero-order chi connectivity index (χ0) is 26.0. The van der Waals surface area contributed by atoms with Crippen LogP contribution in [0.3, 0.4) is 0 Å². The van der Waals surface area contributed by atoms with E-state index in [-0.39, 0.29) is 17.2 Å². The molecule has 1 aliphatic heterocycles. The van der Waals surface area contributed by atoms with Gasteiger partial charge in [-0.15, -0.1) is 5.10 Å². The SMILES string of the molecule is O=c1oc2ccccc2c2c1C(c1ccc(C(F)(F)F)cc1)c1c(ncn3nc(-c4cccnc4)nc13)O2. The molecule has 0 spiro atoms. The maximum Gasteiger partial charge on any atom is 0.416 e. The van der Waals surface area contributed by atoms with E-state index in [0.29, 0.717) is 39.1 Å². The smallest absolute Gasteiger partial charge is 0.416 e. The lowest BCUT2D eigenvalue weighted by Gasteiger charge is -2.27. The summed E-state index contributed by atoms with van der Waals surface area (Å²) >= 11 is 0. The summed E-state index contributed by atoms with van der Waals surface area (Å²) in [4.78, 5) is 26.6. The lowest BCUT2D eigenvalue weighted by molar-refractivity contribution is -0.137. The Morgan fingerprint density at radius 3 is 2.53 bits per heavy atom. The summed E-state index contributed by atoms with van der Waals surface area (Å²) in [6.45, 7) is 0. The van der Waals surface area contributed by atoms with E-state index in [1.54, 1.807) is 48.8 Å². The molecule has 2 aromatic carbocycles. The average Bonchev–Trinajstić information content (AvgIpc) is 3.37. The van der Waals surface area contributed by atoms with E-state index < -0.39 is 23.3 Å². The first-order valence-electron chi connectivity index (χ1n) is 11.4. The summed E-state index contributed by atoms with van der Waals surface area (Å²) in [7, 11) is 0. The number of rotatable bonds is 2. The number of halogens is 3. The van der Waals surface area contributed by atoms with Gasteiger partial charge >= 0.3 is 11.8 Å². The van der Waals surface area contributed by atoms with Gasteiger partial charge in [0.25, 0.3) is 0 Å². The molecule has 0 saturated carbocycles. The Kier molecular flexibility index (Phi) is 4.65. The van der Waals surface area contributed by atoms with E-state index in [9.17, 15) is 18.0 Å². The third-order valence-corrected chi connectivity index (χ3v) is 6.45. The summed E-state index contributed by atoms with van der Waals surface area (Å²) in [5, 5.41) is 5.02. The molecule has 0 bridgehead atoms. The quantitative estimate of drug-likeness (QED) is 0.278. The number of para-hydroxylation sites is 1. The minimum absolute atomic E-state index is 0.136. The van der Waals surface area contributed by atoms with Crippen molar-refractivity contribution in [3.8, 4) is 23.0 Å². The largest absolute Gasteiger partial charge is 0.437 e. The van der Waals surface area contributed by atoms with Crippen LogP contribution in [0, 0.1) is 0 Å². The maximum absolute atomic E-state index is 13.4. The second-order valence-corrected chi connectivity index (χ2v) is 8.69. The number of ether oxygens (including phenoxy) is 1. The van der Waals surface area contributed by atoms with Crippen LogP contribution < -0.4 is 10.4 Å². The van der Waals surface area contributed by atoms with E-state index >= 15 is 0 Å². The zero-order valence-electron chi connectivity index (χ0n) is 19.2. The van der Waals surface area contributed by atoms with Gasteiger partial charge in [-0.05, 0) is 42.0 Å². The molecule has 8 nitrogen and oxygen atoms in total. The highest BCUT2D eigenvalue weighted by Gasteiger charge is 2.38. The second-order valence-electron chi connectivity index (χ2n) is 8.69. The third kappa shape index (κ3) is 3.35. The molecule has 5 heterocycles. The van der Waals surface area contributed by atoms with Gasteiger partial charge in [0.1, 0.15) is 11.9 Å². The molecule has 0 amide bonds. The van der Waals surface area contributed by atoms with Crippen molar-refractivity contribution in [2.24, 2.45) is 0 Å². The van der Waals surface area contributed by atoms with Crippen molar-refractivity contribution in [1.29, 1.82) is 0 Å². The molecule has 0 saturated heterocycles. The molecule has 0 aliphatic carbocycles. The molecule has 186 valence electrons. The van der Waals surface area contributed by atoms with Crippen LogP contribution in [-0.4, -0.2) is 24.6 Å². The third-order valence-electron chi connectivity index (χ3n) is 6.45. The van der Waals surface area contributed by atoms with E-state index in [1.807, 2.05) is 0 Å². The normalized spacial score (nSPS) is 14.8. The van der Waals surface area contributed by atoms with E-state index in [1.165, 1.54) is 23.0 Å². The Morgan fingerprint density at radius 2 is 1.76 bits per heavy atom. The number of pyridine rings is 1. The number of alkyl halides is 3. The first-order chi connectivity index (χ1) is 18.4. The number of hydrogen-bond acceptors (Lipinski definition) is 7. The molecular formula is C27H14F3N5O3. The number of hydrogen-bond donors (Lipinski definition) is 0. The van der Waals surface area contributed by atoms with Gasteiger partial charge in [0.15, 0.2) is 17.2 Å². The minimum Gasteiger partial charge on any atom is -0.437 e. The summed E-state index contributed by atoms with van der Waals surface area (Å²) in [5.74, 6) is -0.135. The van der Waals surface area contributed by atoms with Crippen LogP contribution in [0.1, 0.15) is 28.2 Å². The topological polar surface area (TPSA) is 95.4 Å².